The summed E-state index contributed by atoms with van der Waals surface area (Å²) in [7, 11) is -0.426. The molecule has 0 spiro atoms. The van der Waals surface area contributed by atoms with Crippen molar-refractivity contribution in [1.29, 1.82) is 0 Å². The minimum Gasteiger partial charge on any atom is -0.386 e. The summed E-state index contributed by atoms with van der Waals surface area (Å²) in [6.07, 6.45) is 0. The smallest absolute Gasteiger partial charge is 0.386 e. The first-order chi connectivity index (χ1) is 9.09. The Kier molecular flexibility index (Phi) is 4.11. The Balaban J connectivity index is 2.30. The largest absolute Gasteiger partial charge is 0.533 e. The Morgan fingerprint density at radius 2 is 1.26 bits per heavy atom. The molecule has 0 amide bonds. The molecule has 0 bridgehead atoms. The van der Waals surface area contributed by atoms with Crippen LogP contribution in [0.25, 0.3) is 11.1 Å². The molecule has 0 radical (unpaired) electrons. The lowest BCUT2D eigenvalue weighted by atomic mass is 10.1. The van der Waals surface area contributed by atoms with Gasteiger partial charge in [0.2, 0.25) is 0 Å². The van der Waals surface area contributed by atoms with Crippen molar-refractivity contribution in [1.82, 2.24) is 0 Å². The van der Waals surface area contributed by atoms with E-state index in [2.05, 4.69) is 0 Å². The van der Waals surface area contributed by atoms with Gasteiger partial charge in [-0.15, -0.1) is 0 Å². The number of hydrogen-bond acceptors (Lipinski definition) is 3. The van der Waals surface area contributed by atoms with Gasteiger partial charge in [0.15, 0.2) is 0 Å². The van der Waals surface area contributed by atoms with Crippen LogP contribution in [0, 0.1) is 5.82 Å². The summed E-state index contributed by atoms with van der Waals surface area (Å²) in [6, 6.07) is 13.5. The highest BCUT2D eigenvalue weighted by Gasteiger charge is 2.37. The molecule has 0 aliphatic heterocycles. The molecule has 0 aliphatic rings. The number of hydrogen-bond donors (Lipinski definition) is 1. The molecule has 5 heteroatoms. The quantitative estimate of drug-likeness (QED) is 0.869. The van der Waals surface area contributed by atoms with E-state index in [0.717, 1.165) is 11.1 Å². The summed E-state index contributed by atoms with van der Waals surface area (Å²) >= 11 is 0. The monoisotopic (exact) mass is 278 g/mol. The van der Waals surface area contributed by atoms with Gasteiger partial charge in [0, 0.05) is 19.4 Å². The van der Waals surface area contributed by atoms with Gasteiger partial charge in [-0.1, -0.05) is 36.4 Å². The molecule has 0 saturated heterocycles. The molecule has 2 aromatic rings. The van der Waals surface area contributed by atoms with Crippen LogP contribution in [0.15, 0.2) is 48.5 Å². The molecule has 0 atom stereocenters. The van der Waals surface area contributed by atoms with Crippen LogP contribution < -0.4 is 5.19 Å². The third kappa shape index (κ3) is 2.90. The predicted octanol–water partition coefficient (Wildman–Crippen LogP) is 1.92. The van der Waals surface area contributed by atoms with Gasteiger partial charge < -0.3 is 13.6 Å². The van der Waals surface area contributed by atoms with Crippen molar-refractivity contribution in [2.45, 2.75) is 0 Å². The molecule has 0 aliphatic carbocycles. The Bertz CT molecular complexity index is 536. The van der Waals surface area contributed by atoms with Crippen molar-refractivity contribution in [2.24, 2.45) is 0 Å². The first-order valence-corrected chi connectivity index (χ1v) is 7.54. The fraction of sp³-hybridized carbons (Fsp3) is 0.143. The topological polar surface area (TPSA) is 38.7 Å². The standard InChI is InChI=1S/C14H15FO3Si/c1-17-19(16,18-2)14-9-5-12(6-10-14)11-3-7-13(15)8-4-11/h3-10,16H,1-2H3. The lowest BCUT2D eigenvalue weighted by Crippen LogP contribution is -2.52. The molecule has 2 aromatic carbocycles. The lowest BCUT2D eigenvalue weighted by Gasteiger charge is -2.20. The van der Waals surface area contributed by atoms with Crippen LogP contribution in [0.5, 0.6) is 0 Å². The Morgan fingerprint density at radius 1 is 0.842 bits per heavy atom. The molecular formula is C14H15FO3Si. The summed E-state index contributed by atoms with van der Waals surface area (Å²) < 4.78 is 23.0. The van der Waals surface area contributed by atoms with Crippen LogP contribution in [0.1, 0.15) is 0 Å². The normalized spacial score (nSPS) is 11.6. The SMILES string of the molecule is CO[Si](O)(OC)c1ccc(-c2ccc(F)cc2)cc1. The van der Waals surface area contributed by atoms with Crippen LogP contribution in [0.4, 0.5) is 4.39 Å². The van der Waals surface area contributed by atoms with Gasteiger partial charge in [-0.2, -0.15) is 0 Å². The van der Waals surface area contributed by atoms with Gasteiger partial charge in [0.05, 0.1) is 0 Å². The Morgan fingerprint density at radius 3 is 1.68 bits per heavy atom. The molecule has 3 nitrogen and oxygen atoms in total. The zero-order valence-electron chi connectivity index (χ0n) is 10.8. The first-order valence-electron chi connectivity index (χ1n) is 5.78. The van der Waals surface area contributed by atoms with E-state index in [9.17, 15) is 9.19 Å². The van der Waals surface area contributed by atoms with Gasteiger partial charge in [-0.05, 0) is 23.3 Å². The summed E-state index contributed by atoms with van der Waals surface area (Å²) in [6.45, 7) is 0. The maximum Gasteiger partial charge on any atom is 0.533 e. The van der Waals surface area contributed by atoms with E-state index >= 15 is 0 Å². The van der Waals surface area contributed by atoms with Crippen molar-refractivity contribution >= 4 is 14.0 Å². The van der Waals surface area contributed by atoms with Crippen LogP contribution in [0.2, 0.25) is 0 Å². The van der Waals surface area contributed by atoms with Gasteiger partial charge in [-0.3, -0.25) is 0 Å². The van der Waals surface area contributed by atoms with Crippen molar-refractivity contribution in [3.63, 3.8) is 0 Å². The molecule has 0 heterocycles. The van der Waals surface area contributed by atoms with Gasteiger partial charge in [0.1, 0.15) is 5.82 Å². The zero-order chi connectivity index (χ0) is 13.9. The van der Waals surface area contributed by atoms with Crippen molar-refractivity contribution in [2.75, 3.05) is 14.2 Å². The third-order valence-corrected chi connectivity index (χ3v) is 5.15. The predicted molar refractivity (Wildman–Crippen MR) is 73.5 cm³/mol. The van der Waals surface area contributed by atoms with Crippen molar-refractivity contribution < 1.29 is 18.0 Å². The molecule has 0 fully saturated rings. The highest BCUT2D eigenvalue weighted by molar-refractivity contribution is 6.74. The van der Waals surface area contributed by atoms with E-state index in [0.29, 0.717) is 5.19 Å². The first kappa shape index (κ1) is 13.9. The fourth-order valence-electron chi connectivity index (χ4n) is 1.83. The van der Waals surface area contributed by atoms with E-state index in [1.54, 1.807) is 24.3 Å². The van der Waals surface area contributed by atoms with E-state index < -0.39 is 8.80 Å². The van der Waals surface area contributed by atoms with Crippen LogP contribution in [-0.4, -0.2) is 27.8 Å². The maximum absolute atomic E-state index is 12.9. The second-order valence-corrected chi connectivity index (χ2v) is 6.63. The summed E-state index contributed by atoms with van der Waals surface area (Å²) in [4.78, 5) is 10.1. The molecule has 0 unspecified atom stereocenters. The van der Waals surface area contributed by atoms with E-state index in [1.807, 2.05) is 12.1 Å². The number of benzene rings is 2. The summed E-state index contributed by atoms with van der Waals surface area (Å²) in [5.41, 5.74) is 1.85. The van der Waals surface area contributed by atoms with E-state index in [1.165, 1.54) is 26.4 Å². The van der Waals surface area contributed by atoms with E-state index in [4.69, 9.17) is 8.85 Å². The van der Waals surface area contributed by atoms with Crippen LogP contribution in [-0.2, 0) is 8.85 Å². The van der Waals surface area contributed by atoms with Crippen molar-refractivity contribution in [3.8, 4) is 11.1 Å². The van der Waals surface area contributed by atoms with Crippen molar-refractivity contribution in [3.05, 3.63) is 54.3 Å². The van der Waals surface area contributed by atoms with Gasteiger partial charge in [0.25, 0.3) is 0 Å². The highest BCUT2D eigenvalue weighted by atomic mass is 28.4. The van der Waals surface area contributed by atoms with Crippen LogP contribution in [0.3, 0.4) is 0 Å². The third-order valence-electron chi connectivity index (χ3n) is 2.98. The summed E-state index contributed by atoms with van der Waals surface area (Å²) in [5.74, 6) is -0.263. The fourth-order valence-corrected chi connectivity index (χ4v) is 3.06. The van der Waals surface area contributed by atoms with Gasteiger partial charge >= 0.3 is 8.80 Å². The zero-order valence-corrected chi connectivity index (χ0v) is 11.8. The Labute approximate surface area is 112 Å². The molecule has 19 heavy (non-hydrogen) atoms. The molecule has 0 saturated carbocycles. The van der Waals surface area contributed by atoms with Gasteiger partial charge in [-0.25, -0.2) is 4.39 Å². The average molecular weight is 278 g/mol. The van der Waals surface area contributed by atoms with Crippen LogP contribution >= 0.6 is 0 Å². The van der Waals surface area contributed by atoms with E-state index in [-0.39, 0.29) is 5.82 Å². The highest BCUT2D eigenvalue weighted by Crippen LogP contribution is 2.19. The molecule has 0 aromatic heterocycles. The second kappa shape index (κ2) is 5.62. The molecule has 2 rings (SSSR count). The minimum absolute atomic E-state index is 0.263. The molecule has 100 valence electrons. The number of halogens is 1. The lowest BCUT2D eigenvalue weighted by molar-refractivity contribution is 0.169. The Hall–Kier alpha value is -1.53. The summed E-state index contributed by atoms with van der Waals surface area (Å²) in [5, 5.41) is 0.628. The minimum atomic E-state index is -3.27. The molecular weight excluding hydrogens is 263 g/mol. The number of rotatable bonds is 4. The molecule has 1 N–H and O–H groups in total. The maximum atomic E-state index is 12.9. The average Bonchev–Trinajstić information content (AvgIpc) is 2.47. The second-order valence-electron chi connectivity index (χ2n) is 4.07.